The van der Waals surface area contributed by atoms with E-state index in [4.69, 9.17) is 10.5 Å². The van der Waals surface area contributed by atoms with Crippen LogP contribution in [0.4, 0.5) is 11.5 Å². The molecule has 2 heterocycles. The highest BCUT2D eigenvalue weighted by molar-refractivity contribution is 5.94. The molecule has 0 aliphatic carbocycles. The predicted octanol–water partition coefficient (Wildman–Crippen LogP) is 1.63. The molecule has 2 N–H and O–H groups in total. The molecule has 3 rings (SSSR count). The predicted molar refractivity (Wildman–Crippen MR) is 89.8 cm³/mol. The number of rotatable bonds is 3. The summed E-state index contributed by atoms with van der Waals surface area (Å²) in [6, 6.07) is 11.4. The van der Waals surface area contributed by atoms with Gasteiger partial charge in [0.2, 0.25) is 0 Å². The second-order valence-electron chi connectivity index (χ2n) is 5.45. The van der Waals surface area contributed by atoms with Crippen molar-refractivity contribution in [2.45, 2.75) is 0 Å². The number of anilines is 2. The minimum absolute atomic E-state index is 0.00637. The lowest BCUT2D eigenvalue weighted by Crippen LogP contribution is -2.48. The number of methoxy groups -OCH3 is 1. The molecule has 1 aliphatic rings. The average Bonchev–Trinajstić information content (AvgIpc) is 2.62. The van der Waals surface area contributed by atoms with Crippen molar-refractivity contribution in [3.05, 3.63) is 48.2 Å². The van der Waals surface area contributed by atoms with E-state index >= 15 is 0 Å². The molecule has 120 valence electrons. The van der Waals surface area contributed by atoms with E-state index < -0.39 is 0 Å². The first kappa shape index (κ1) is 15.1. The van der Waals surface area contributed by atoms with Gasteiger partial charge in [0.1, 0.15) is 11.6 Å². The average molecular weight is 312 g/mol. The standard InChI is InChI=1S/C17H20N4O2/c1-23-15-5-3-14(4-6-15)20-8-10-21(11-9-20)17(22)13-2-7-16(18)19-12-13/h2-7,12H,8-11H2,1H3,(H2,18,19). The maximum Gasteiger partial charge on any atom is 0.255 e. The topological polar surface area (TPSA) is 71.7 Å². The van der Waals surface area contributed by atoms with Crippen molar-refractivity contribution in [1.29, 1.82) is 0 Å². The van der Waals surface area contributed by atoms with Crippen LogP contribution in [0.3, 0.4) is 0 Å². The summed E-state index contributed by atoms with van der Waals surface area (Å²) in [6.07, 6.45) is 1.54. The third-order valence-electron chi connectivity index (χ3n) is 4.04. The van der Waals surface area contributed by atoms with E-state index in [-0.39, 0.29) is 5.91 Å². The van der Waals surface area contributed by atoms with Crippen molar-refractivity contribution in [1.82, 2.24) is 9.88 Å². The molecule has 0 atom stereocenters. The first-order chi connectivity index (χ1) is 11.2. The summed E-state index contributed by atoms with van der Waals surface area (Å²) < 4.78 is 5.18. The first-order valence-corrected chi connectivity index (χ1v) is 7.57. The van der Waals surface area contributed by atoms with Gasteiger partial charge in [0.25, 0.3) is 5.91 Å². The fourth-order valence-corrected chi connectivity index (χ4v) is 2.68. The zero-order chi connectivity index (χ0) is 16.2. The van der Waals surface area contributed by atoms with Crippen LogP contribution in [0.25, 0.3) is 0 Å². The molecule has 6 nitrogen and oxygen atoms in total. The molecule has 0 radical (unpaired) electrons. The minimum Gasteiger partial charge on any atom is -0.497 e. The van der Waals surface area contributed by atoms with Gasteiger partial charge in [-0.1, -0.05) is 0 Å². The summed E-state index contributed by atoms with van der Waals surface area (Å²) in [7, 11) is 1.66. The number of amides is 1. The van der Waals surface area contributed by atoms with Gasteiger partial charge in [0.05, 0.1) is 12.7 Å². The molecule has 1 aromatic heterocycles. The molecule has 23 heavy (non-hydrogen) atoms. The number of pyridine rings is 1. The van der Waals surface area contributed by atoms with Crippen molar-refractivity contribution in [2.24, 2.45) is 0 Å². The van der Waals surface area contributed by atoms with Crippen molar-refractivity contribution < 1.29 is 9.53 Å². The quantitative estimate of drug-likeness (QED) is 0.933. The number of ether oxygens (including phenoxy) is 1. The van der Waals surface area contributed by atoms with Crippen LogP contribution in [0.2, 0.25) is 0 Å². The lowest BCUT2D eigenvalue weighted by Gasteiger charge is -2.36. The number of hydrogen-bond donors (Lipinski definition) is 1. The van der Waals surface area contributed by atoms with Crippen molar-refractivity contribution in [3.8, 4) is 5.75 Å². The van der Waals surface area contributed by atoms with Crippen molar-refractivity contribution in [3.63, 3.8) is 0 Å². The van der Waals surface area contributed by atoms with Crippen LogP contribution in [0.15, 0.2) is 42.6 Å². The van der Waals surface area contributed by atoms with Crippen LogP contribution in [0.1, 0.15) is 10.4 Å². The lowest BCUT2D eigenvalue weighted by molar-refractivity contribution is 0.0746. The number of aromatic nitrogens is 1. The number of benzene rings is 1. The Morgan fingerprint density at radius 1 is 1.09 bits per heavy atom. The van der Waals surface area contributed by atoms with Gasteiger partial charge in [0.15, 0.2) is 0 Å². The molecule has 0 bridgehead atoms. The smallest absolute Gasteiger partial charge is 0.255 e. The SMILES string of the molecule is COc1ccc(N2CCN(C(=O)c3ccc(N)nc3)CC2)cc1. The normalized spacial score (nSPS) is 14.7. The fourth-order valence-electron chi connectivity index (χ4n) is 2.68. The van der Waals surface area contributed by atoms with Crippen LogP contribution in [0.5, 0.6) is 5.75 Å². The van der Waals surface area contributed by atoms with Crippen LogP contribution in [-0.2, 0) is 0 Å². The van der Waals surface area contributed by atoms with Gasteiger partial charge in [0, 0.05) is 38.1 Å². The number of nitrogen functional groups attached to an aromatic ring is 1. The highest BCUT2D eigenvalue weighted by Gasteiger charge is 2.22. The molecule has 1 amide bonds. The first-order valence-electron chi connectivity index (χ1n) is 7.57. The largest absolute Gasteiger partial charge is 0.497 e. The Morgan fingerprint density at radius 2 is 1.78 bits per heavy atom. The molecule has 1 aliphatic heterocycles. The molecular formula is C17H20N4O2. The van der Waals surface area contributed by atoms with Gasteiger partial charge in [-0.2, -0.15) is 0 Å². The summed E-state index contributed by atoms with van der Waals surface area (Å²) in [4.78, 5) is 20.6. The van der Waals surface area contributed by atoms with Crippen LogP contribution >= 0.6 is 0 Å². The number of piperazine rings is 1. The molecule has 6 heteroatoms. The van der Waals surface area contributed by atoms with E-state index in [2.05, 4.69) is 9.88 Å². The second kappa shape index (κ2) is 6.56. The zero-order valence-corrected chi connectivity index (χ0v) is 13.1. The molecule has 1 aromatic carbocycles. The molecule has 1 saturated heterocycles. The third-order valence-corrected chi connectivity index (χ3v) is 4.04. The monoisotopic (exact) mass is 312 g/mol. The minimum atomic E-state index is 0.00637. The van der Waals surface area contributed by atoms with Crippen LogP contribution in [0, 0.1) is 0 Å². The molecule has 1 fully saturated rings. The Bertz CT molecular complexity index is 662. The number of carbonyl (C=O) groups excluding carboxylic acids is 1. The van der Waals surface area contributed by atoms with Gasteiger partial charge in [-0.3, -0.25) is 4.79 Å². The Hall–Kier alpha value is -2.76. The van der Waals surface area contributed by atoms with Gasteiger partial charge < -0.3 is 20.3 Å². The van der Waals surface area contributed by atoms with Crippen molar-refractivity contribution in [2.75, 3.05) is 43.9 Å². The van der Waals surface area contributed by atoms with Crippen molar-refractivity contribution >= 4 is 17.4 Å². The van der Waals surface area contributed by atoms with E-state index in [9.17, 15) is 4.79 Å². The van der Waals surface area contributed by atoms with Crippen LogP contribution < -0.4 is 15.4 Å². The van der Waals surface area contributed by atoms with E-state index in [0.717, 1.165) is 24.5 Å². The molecule has 0 saturated carbocycles. The third kappa shape index (κ3) is 3.36. The Balaban J connectivity index is 1.61. The summed E-state index contributed by atoms with van der Waals surface area (Å²) >= 11 is 0. The van der Waals surface area contributed by atoms with Gasteiger partial charge in [-0.05, 0) is 36.4 Å². The number of nitrogens with zero attached hydrogens (tertiary/aromatic N) is 3. The summed E-state index contributed by atoms with van der Waals surface area (Å²) in [5.74, 6) is 1.27. The van der Waals surface area contributed by atoms with Gasteiger partial charge in [-0.15, -0.1) is 0 Å². The van der Waals surface area contributed by atoms with E-state index in [1.165, 1.54) is 6.20 Å². The maximum atomic E-state index is 12.4. The van der Waals surface area contributed by atoms with E-state index in [1.54, 1.807) is 19.2 Å². The molecule has 0 spiro atoms. The van der Waals surface area contributed by atoms with Gasteiger partial charge >= 0.3 is 0 Å². The maximum absolute atomic E-state index is 12.4. The highest BCUT2D eigenvalue weighted by atomic mass is 16.5. The second-order valence-corrected chi connectivity index (χ2v) is 5.45. The molecule has 0 unspecified atom stereocenters. The summed E-state index contributed by atoms with van der Waals surface area (Å²) in [5.41, 5.74) is 7.28. The molecular weight excluding hydrogens is 292 g/mol. The highest BCUT2D eigenvalue weighted by Crippen LogP contribution is 2.21. The summed E-state index contributed by atoms with van der Waals surface area (Å²) in [6.45, 7) is 2.99. The zero-order valence-electron chi connectivity index (χ0n) is 13.1. The number of carbonyl (C=O) groups is 1. The molecule has 2 aromatic rings. The summed E-state index contributed by atoms with van der Waals surface area (Å²) in [5, 5.41) is 0. The van der Waals surface area contributed by atoms with Gasteiger partial charge in [-0.25, -0.2) is 4.98 Å². The fraction of sp³-hybridized carbons (Fsp3) is 0.294. The van der Waals surface area contributed by atoms with E-state index in [1.807, 2.05) is 29.2 Å². The number of hydrogen-bond acceptors (Lipinski definition) is 5. The Kier molecular flexibility index (Phi) is 4.32. The van der Waals surface area contributed by atoms with E-state index in [0.29, 0.717) is 24.5 Å². The Morgan fingerprint density at radius 3 is 2.35 bits per heavy atom. The van der Waals surface area contributed by atoms with Crippen LogP contribution in [-0.4, -0.2) is 49.1 Å². The number of nitrogens with two attached hydrogens (primary N) is 1. The lowest BCUT2D eigenvalue weighted by atomic mass is 10.2. The Labute approximate surface area is 135 Å².